The number of ether oxygens (including phenoxy) is 2. The van der Waals surface area contributed by atoms with Gasteiger partial charge >= 0.3 is 5.97 Å². The Kier molecular flexibility index (Phi) is 7.62. The first-order valence-electron chi connectivity index (χ1n) is 11.5. The SMILES string of the molecule is COc1cc(/C=C(\Sc2nnc(-c3ccc(Cl)cc3)o2)C(=O)O)ccc1OCc1cccc2ccccc12. The number of aromatic nitrogens is 2. The van der Waals surface area contributed by atoms with Crippen molar-refractivity contribution < 1.29 is 23.8 Å². The van der Waals surface area contributed by atoms with Crippen molar-refractivity contribution in [1.29, 1.82) is 0 Å². The minimum atomic E-state index is -1.13. The van der Waals surface area contributed by atoms with Gasteiger partial charge in [-0.25, -0.2) is 4.79 Å². The van der Waals surface area contributed by atoms with Crippen LogP contribution in [0, 0.1) is 0 Å². The molecule has 0 aliphatic heterocycles. The molecule has 0 aliphatic rings. The Bertz CT molecular complexity index is 1630. The van der Waals surface area contributed by atoms with Crippen LogP contribution in [-0.4, -0.2) is 28.4 Å². The molecule has 0 unspecified atom stereocenters. The van der Waals surface area contributed by atoms with Gasteiger partial charge < -0.3 is 19.0 Å². The molecule has 7 nitrogen and oxygen atoms in total. The zero-order chi connectivity index (χ0) is 26.5. The maximum absolute atomic E-state index is 12.0. The summed E-state index contributed by atoms with van der Waals surface area (Å²) in [6, 6.07) is 26.3. The van der Waals surface area contributed by atoms with Gasteiger partial charge in [-0.05, 0) is 76.1 Å². The lowest BCUT2D eigenvalue weighted by atomic mass is 10.1. The Morgan fingerprint density at radius 1 is 1.00 bits per heavy atom. The van der Waals surface area contributed by atoms with Crippen molar-refractivity contribution in [2.75, 3.05) is 7.11 Å². The summed E-state index contributed by atoms with van der Waals surface area (Å²) in [6.07, 6.45) is 1.51. The number of benzene rings is 4. The van der Waals surface area contributed by atoms with Crippen LogP contribution in [0.4, 0.5) is 0 Å². The van der Waals surface area contributed by atoms with Crippen LogP contribution in [0.5, 0.6) is 11.5 Å². The van der Waals surface area contributed by atoms with E-state index in [-0.39, 0.29) is 16.0 Å². The van der Waals surface area contributed by atoms with Gasteiger partial charge in [-0.1, -0.05) is 60.1 Å². The Hall–Kier alpha value is -4.27. The topological polar surface area (TPSA) is 94.7 Å². The molecule has 0 radical (unpaired) electrons. The third-order valence-electron chi connectivity index (χ3n) is 5.65. The van der Waals surface area contributed by atoms with E-state index in [1.165, 1.54) is 13.2 Å². The van der Waals surface area contributed by atoms with Crippen molar-refractivity contribution >= 4 is 46.2 Å². The van der Waals surface area contributed by atoms with Gasteiger partial charge in [-0.2, -0.15) is 0 Å². The van der Waals surface area contributed by atoms with Crippen molar-refractivity contribution in [3.05, 3.63) is 106 Å². The van der Waals surface area contributed by atoms with E-state index in [0.29, 0.717) is 34.3 Å². The second-order valence-electron chi connectivity index (χ2n) is 8.13. The molecule has 1 N–H and O–H groups in total. The van der Waals surface area contributed by atoms with Gasteiger partial charge in [0.15, 0.2) is 11.5 Å². The number of carboxylic acid groups (broad SMARTS) is 1. The first-order chi connectivity index (χ1) is 18.5. The normalized spacial score (nSPS) is 11.5. The van der Waals surface area contributed by atoms with E-state index in [4.69, 9.17) is 25.5 Å². The van der Waals surface area contributed by atoms with Crippen molar-refractivity contribution in [2.45, 2.75) is 11.8 Å². The molecule has 0 fully saturated rings. The summed E-state index contributed by atoms with van der Waals surface area (Å²) in [7, 11) is 1.54. The first-order valence-corrected chi connectivity index (χ1v) is 12.7. The average Bonchev–Trinajstić information content (AvgIpc) is 3.40. The molecule has 0 atom stereocenters. The largest absolute Gasteiger partial charge is 0.493 e. The fraction of sp³-hybridized carbons (Fsp3) is 0.0690. The third-order valence-corrected chi connectivity index (χ3v) is 6.76. The highest BCUT2D eigenvalue weighted by atomic mass is 35.5. The van der Waals surface area contributed by atoms with Crippen LogP contribution in [0.1, 0.15) is 11.1 Å². The second-order valence-corrected chi connectivity index (χ2v) is 9.56. The third kappa shape index (κ3) is 5.82. The van der Waals surface area contributed by atoms with Crippen LogP contribution in [0.2, 0.25) is 5.02 Å². The lowest BCUT2D eigenvalue weighted by Crippen LogP contribution is -1.99. The highest BCUT2D eigenvalue weighted by molar-refractivity contribution is 8.03. The number of hydrogen-bond acceptors (Lipinski definition) is 7. The molecule has 9 heteroatoms. The standard InChI is InChI=1S/C29H21ClN2O5S/c1-35-25-15-18(9-14-24(25)36-17-21-7-4-6-19-5-2-3-8-23(19)21)16-26(28(33)34)38-29-32-31-27(37-29)20-10-12-22(30)13-11-20/h2-16H,17H2,1H3,(H,33,34)/b26-16-. The number of nitrogens with zero attached hydrogens (tertiary/aromatic N) is 2. The molecule has 190 valence electrons. The summed E-state index contributed by atoms with van der Waals surface area (Å²) < 4.78 is 17.2. The van der Waals surface area contributed by atoms with E-state index in [2.05, 4.69) is 28.4 Å². The van der Waals surface area contributed by atoms with E-state index in [9.17, 15) is 9.90 Å². The second kappa shape index (κ2) is 11.4. The number of rotatable bonds is 9. The molecule has 5 aromatic rings. The van der Waals surface area contributed by atoms with Crippen molar-refractivity contribution in [3.63, 3.8) is 0 Å². The first kappa shape index (κ1) is 25.4. The van der Waals surface area contributed by atoms with Crippen LogP contribution in [-0.2, 0) is 11.4 Å². The zero-order valence-electron chi connectivity index (χ0n) is 20.1. The number of hydrogen-bond donors (Lipinski definition) is 1. The van der Waals surface area contributed by atoms with Crippen molar-refractivity contribution in [3.8, 4) is 23.0 Å². The Morgan fingerprint density at radius 2 is 1.79 bits per heavy atom. The van der Waals surface area contributed by atoms with Crippen LogP contribution >= 0.6 is 23.4 Å². The molecule has 0 aliphatic carbocycles. The average molecular weight is 545 g/mol. The minimum absolute atomic E-state index is 0.00258. The molecular weight excluding hydrogens is 524 g/mol. The lowest BCUT2D eigenvalue weighted by Gasteiger charge is -2.13. The molecule has 38 heavy (non-hydrogen) atoms. The van der Waals surface area contributed by atoms with Gasteiger partial charge in [0.2, 0.25) is 5.89 Å². The van der Waals surface area contributed by atoms with Gasteiger partial charge in [0.25, 0.3) is 5.22 Å². The summed E-state index contributed by atoms with van der Waals surface area (Å²) in [5.41, 5.74) is 2.34. The fourth-order valence-electron chi connectivity index (χ4n) is 3.81. The maximum Gasteiger partial charge on any atom is 0.342 e. The summed E-state index contributed by atoms with van der Waals surface area (Å²) in [5.74, 6) is 0.169. The summed E-state index contributed by atoms with van der Waals surface area (Å²) >= 11 is 6.78. The Morgan fingerprint density at radius 3 is 2.58 bits per heavy atom. The molecule has 1 aromatic heterocycles. The van der Waals surface area contributed by atoms with Crippen molar-refractivity contribution in [1.82, 2.24) is 10.2 Å². The molecule has 0 saturated carbocycles. The van der Waals surface area contributed by atoms with E-state index in [1.54, 1.807) is 42.5 Å². The van der Waals surface area contributed by atoms with E-state index >= 15 is 0 Å². The fourth-order valence-corrected chi connectivity index (χ4v) is 4.61. The van der Waals surface area contributed by atoms with Gasteiger partial charge in [0, 0.05) is 10.6 Å². The maximum atomic E-state index is 12.0. The Balaban J connectivity index is 1.33. The molecule has 1 heterocycles. The molecule has 5 rings (SSSR count). The monoisotopic (exact) mass is 544 g/mol. The Labute approximate surface area is 227 Å². The number of thioether (sulfide) groups is 1. The van der Waals surface area contributed by atoms with Crippen molar-refractivity contribution in [2.24, 2.45) is 0 Å². The van der Waals surface area contributed by atoms with E-state index < -0.39 is 5.97 Å². The minimum Gasteiger partial charge on any atom is -0.493 e. The van der Waals surface area contributed by atoms with E-state index in [1.807, 2.05) is 24.3 Å². The molecule has 0 saturated heterocycles. The number of methoxy groups -OCH3 is 1. The predicted molar refractivity (Wildman–Crippen MR) is 147 cm³/mol. The lowest BCUT2D eigenvalue weighted by molar-refractivity contribution is -0.131. The highest BCUT2D eigenvalue weighted by Crippen LogP contribution is 2.34. The number of carbonyl (C=O) groups is 1. The van der Waals surface area contributed by atoms with Crippen LogP contribution in [0.25, 0.3) is 28.3 Å². The van der Waals surface area contributed by atoms with Gasteiger partial charge in [-0.15, -0.1) is 10.2 Å². The predicted octanol–water partition coefficient (Wildman–Crippen LogP) is 7.35. The van der Waals surface area contributed by atoms with Crippen LogP contribution in [0.15, 0.2) is 99.5 Å². The summed E-state index contributed by atoms with van der Waals surface area (Å²) in [6.45, 7) is 0.357. The van der Waals surface area contributed by atoms with E-state index in [0.717, 1.165) is 28.1 Å². The smallest absolute Gasteiger partial charge is 0.342 e. The molecule has 0 amide bonds. The zero-order valence-corrected chi connectivity index (χ0v) is 21.7. The van der Waals surface area contributed by atoms with Gasteiger partial charge in [-0.3, -0.25) is 0 Å². The molecular formula is C29H21ClN2O5S. The summed E-state index contributed by atoms with van der Waals surface area (Å²) in [5, 5.41) is 20.7. The summed E-state index contributed by atoms with van der Waals surface area (Å²) in [4.78, 5) is 12.0. The number of aliphatic carboxylic acids is 1. The quantitative estimate of drug-likeness (QED) is 0.152. The molecule has 0 spiro atoms. The number of carboxylic acids is 1. The highest BCUT2D eigenvalue weighted by Gasteiger charge is 2.17. The molecule has 4 aromatic carbocycles. The number of halogens is 1. The van der Waals surface area contributed by atoms with Crippen LogP contribution < -0.4 is 9.47 Å². The van der Waals surface area contributed by atoms with Gasteiger partial charge in [0.1, 0.15) is 11.5 Å². The van der Waals surface area contributed by atoms with Gasteiger partial charge in [0.05, 0.1) is 7.11 Å². The van der Waals surface area contributed by atoms with Crippen LogP contribution in [0.3, 0.4) is 0 Å². The molecule has 0 bridgehead atoms. The number of fused-ring (bicyclic) bond motifs is 1.